The SMILES string of the molecule is CC(O)O[O-]. The standard InChI is InChI=1S/C2H6O3/c1-2(3)5-4/h2-4H,1H3/p-1. The predicted molar refractivity (Wildman–Crippen MR) is 12.8 cm³/mol. The first-order chi connectivity index (χ1) is 2.27. The maximum absolute atomic E-state index is 8.88. The van der Waals surface area contributed by atoms with Crippen molar-refractivity contribution in [1.29, 1.82) is 0 Å². The Kier molecular flexibility index (Phi) is 2.09. The van der Waals surface area contributed by atoms with Crippen LogP contribution in [0.25, 0.3) is 0 Å². The van der Waals surface area contributed by atoms with E-state index in [1.165, 1.54) is 6.92 Å². The molecule has 3 nitrogen and oxygen atoms in total. The van der Waals surface area contributed by atoms with Gasteiger partial charge in [-0.25, -0.2) is 0 Å². The number of hydrogen-bond acceptors (Lipinski definition) is 3. The summed E-state index contributed by atoms with van der Waals surface area (Å²) in [5, 5.41) is 16.7. The first kappa shape index (κ1) is 4.88. The zero-order chi connectivity index (χ0) is 4.28. The van der Waals surface area contributed by atoms with E-state index in [-0.39, 0.29) is 0 Å². The molecule has 0 saturated carbocycles. The first-order valence-corrected chi connectivity index (χ1v) is 1.24. The van der Waals surface area contributed by atoms with Crippen LogP contribution in [0.3, 0.4) is 0 Å². The van der Waals surface area contributed by atoms with Gasteiger partial charge < -0.3 is 15.3 Å². The minimum absolute atomic E-state index is 1.17. The largest absolute Gasteiger partial charge is 0.721 e. The number of hydrogen-bond donors (Lipinski definition) is 1. The van der Waals surface area contributed by atoms with Crippen molar-refractivity contribution in [2.45, 2.75) is 13.2 Å². The van der Waals surface area contributed by atoms with Gasteiger partial charge in [0.25, 0.3) is 0 Å². The topological polar surface area (TPSA) is 52.5 Å². The van der Waals surface area contributed by atoms with Gasteiger partial charge in [0, 0.05) is 0 Å². The van der Waals surface area contributed by atoms with Crippen molar-refractivity contribution in [3.05, 3.63) is 0 Å². The first-order valence-electron chi connectivity index (χ1n) is 1.24. The summed E-state index contributed by atoms with van der Waals surface area (Å²) in [4.78, 5) is 3.06. The Balaban J connectivity index is 2.54. The molecule has 0 rings (SSSR count). The third-order valence-electron chi connectivity index (χ3n) is 0.139. The Morgan fingerprint density at radius 3 is 2.20 bits per heavy atom. The second kappa shape index (κ2) is 2.14. The second-order valence-corrected chi connectivity index (χ2v) is 0.696. The Bertz CT molecular complexity index is 18.9. The molecule has 3 heteroatoms. The van der Waals surface area contributed by atoms with E-state index in [4.69, 9.17) is 10.4 Å². The molecule has 1 N–H and O–H groups in total. The normalized spacial score (nSPS) is 15.0. The molecule has 1 unspecified atom stereocenters. The minimum Gasteiger partial charge on any atom is -0.721 e. The van der Waals surface area contributed by atoms with Crippen molar-refractivity contribution in [2.75, 3.05) is 0 Å². The number of rotatable bonds is 1. The molecule has 0 saturated heterocycles. The highest BCUT2D eigenvalue weighted by Crippen LogP contribution is 1.68. The Labute approximate surface area is 29.7 Å². The second-order valence-electron chi connectivity index (χ2n) is 0.696. The molecule has 0 heterocycles. The van der Waals surface area contributed by atoms with E-state index in [1.54, 1.807) is 0 Å². The average Bonchev–Trinajstić information content (AvgIpc) is 1.38. The van der Waals surface area contributed by atoms with Crippen molar-refractivity contribution in [1.82, 2.24) is 0 Å². The predicted octanol–water partition coefficient (Wildman–Crippen LogP) is -1.38. The lowest BCUT2D eigenvalue weighted by atomic mass is 10.8. The highest BCUT2D eigenvalue weighted by Gasteiger charge is 1.75. The molecule has 0 aliphatic rings. The summed E-state index contributed by atoms with van der Waals surface area (Å²) < 4.78 is 0. The third kappa shape index (κ3) is 3.88. The molecule has 0 bridgehead atoms. The quantitative estimate of drug-likeness (QED) is 0.238. The van der Waals surface area contributed by atoms with Gasteiger partial charge in [0.2, 0.25) is 0 Å². The average molecular weight is 77.1 g/mol. The fourth-order valence-corrected chi connectivity index (χ4v) is 0. The molecule has 0 fully saturated rings. The van der Waals surface area contributed by atoms with Crippen molar-refractivity contribution in [3.8, 4) is 0 Å². The van der Waals surface area contributed by atoms with Crippen LogP contribution in [0.4, 0.5) is 0 Å². The van der Waals surface area contributed by atoms with Crippen LogP contribution in [0.15, 0.2) is 0 Å². The molecule has 0 aromatic carbocycles. The van der Waals surface area contributed by atoms with Crippen molar-refractivity contribution in [3.63, 3.8) is 0 Å². The summed E-state index contributed by atoms with van der Waals surface area (Å²) in [5.74, 6) is 0. The van der Waals surface area contributed by atoms with E-state index in [9.17, 15) is 0 Å². The molecule has 0 aromatic rings. The van der Waals surface area contributed by atoms with Crippen LogP contribution >= 0.6 is 0 Å². The highest BCUT2D eigenvalue weighted by atomic mass is 17.1. The maximum Gasteiger partial charge on any atom is 0.141 e. The minimum atomic E-state index is -1.17. The Morgan fingerprint density at radius 1 is 2.00 bits per heavy atom. The molecule has 32 valence electrons. The number of aliphatic hydroxyl groups excluding tert-OH is 1. The summed E-state index contributed by atoms with van der Waals surface area (Å²) in [7, 11) is 0. The van der Waals surface area contributed by atoms with Crippen LogP contribution in [0.5, 0.6) is 0 Å². The van der Waals surface area contributed by atoms with Crippen LogP contribution in [0.2, 0.25) is 0 Å². The molecular weight excluding hydrogens is 72.0 g/mol. The van der Waals surface area contributed by atoms with Gasteiger partial charge in [0.1, 0.15) is 6.29 Å². The van der Waals surface area contributed by atoms with Crippen LogP contribution in [-0.4, -0.2) is 11.4 Å². The zero-order valence-corrected chi connectivity index (χ0v) is 2.84. The third-order valence-corrected chi connectivity index (χ3v) is 0.139. The van der Waals surface area contributed by atoms with Gasteiger partial charge in [-0.2, -0.15) is 0 Å². The molecule has 0 radical (unpaired) electrons. The van der Waals surface area contributed by atoms with Gasteiger partial charge in [-0.05, 0) is 6.92 Å². The fourth-order valence-electron chi connectivity index (χ4n) is 0. The summed E-state index contributed by atoms with van der Waals surface area (Å²) in [6.07, 6.45) is -1.17. The van der Waals surface area contributed by atoms with E-state index in [0.717, 1.165) is 0 Å². The van der Waals surface area contributed by atoms with Gasteiger partial charge in [-0.15, -0.1) is 0 Å². The Hall–Kier alpha value is -0.120. The van der Waals surface area contributed by atoms with Gasteiger partial charge in [-0.3, -0.25) is 0 Å². The zero-order valence-electron chi connectivity index (χ0n) is 2.84. The van der Waals surface area contributed by atoms with E-state index in [1.807, 2.05) is 0 Å². The lowest BCUT2D eigenvalue weighted by molar-refractivity contribution is -0.715. The van der Waals surface area contributed by atoms with Gasteiger partial charge in [0.05, 0.1) is 0 Å². The van der Waals surface area contributed by atoms with Crippen LogP contribution in [-0.2, 0) is 4.89 Å². The maximum atomic E-state index is 8.88. The molecule has 0 spiro atoms. The summed E-state index contributed by atoms with van der Waals surface area (Å²) in [6.45, 7) is 1.24. The number of aliphatic hydroxyl groups is 1. The van der Waals surface area contributed by atoms with E-state index >= 15 is 0 Å². The summed E-state index contributed by atoms with van der Waals surface area (Å²) >= 11 is 0. The van der Waals surface area contributed by atoms with Crippen LogP contribution in [0.1, 0.15) is 6.92 Å². The van der Waals surface area contributed by atoms with E-state index in [0.29, 0.717) is 0 Å². The van der Waals surface area contributed by atoms with Crippen molar-refractivity contribution in [2.24, 2.45) is 0 Å². The summed E-state index contributed by atoms with van der Waals surface area (Å²) in [5.41, 5.74) is 0. The van der Waals surface area contributed by atoms with Gasteiger partial charge >= 0.3 is 0 Å². The van der Waals surface area contributed by atoms with Crippen molar-refractivity contribution < 1.29 is 15.3 Å². The van der Waals surface area contributed by atoms with Gasteiger partial charge in [0.15, 0.2) is 0 Å². The van der Waals surface area contributed by atoms with Crippen LogP contribution in [0, 0.1) is 0 Å². The molecule has 0 aliphatic heterocycles. The fraction of sp³-hybridized carbons (Fsp3) is 1.00. The molecule has 0 aliphatic carbocycles. The molecule has 1 atom stereocenters. The lowest BCUT2D eigenvalue weighted by Crippen LogP contribution is -2.15. The molecule has 0 aromatic heterocycles. The van der Waals surface area contributed by atoms with E-state index in [2.05, 4.69) is 4.89 Å². The summed E-state index contributed by atoms with van der Waals surface area (Å²) in [6, 6.07) is 0. The molecule has 5 heavy (non-hydrogen) atoms. The van der Waals surface area contributed by atoms with Gasteiger partial charge in [-0.1, -0.05) is 0 Å². The molecular formula is C2H5O3-. The lowest BCUT2D eigenvalue weighted by Gasteiger charge is -2.06. The van der Waals surface area contributed by atoms with Crippen LogP contribution < -0.4 is 5.26 Å². The highest BCUT2D eigenvalue weighted by molar-refractivity contribution is 4.05. The smallest absolute Gasteiger partial charge is 0.141 e. The Morgan fingerprint density at radius 2 is 2.20 bits per heavy atom. The monoisotopic (exact) mass is 77.0 g/mol. The van der Waals surface area contributed by atoms with Crippen molar-refractivity contribution >= 4 is 0 Å². The molecule has 0 amide bonds. The van der Waals surface area contributed by atoms with E-state index < -0.39 is 6.29 Å².